The third kappa shape index (κ3) is 1.14. The van der Waals surface area contributed by atoms with Crippen LogP contribution in [0.5, 0.6) is 0 Å². The molecular formula is C8H14BrNO. The first-order valence-corrected chi connectivity index (χ1v) is 5.14. The minimum Gasteiger partial charge on any atom is -0.391 e. The second-order valence-corrected chi connectivity index (χ2v) is 4.84. The molecule has 0 aromatic carbocycles. The minimum atomic E-state index is -0.108. The van der Waals surface area contributed by atoms with Gasteiger partial charge >= 0.3 is 0 Å². The second kappa shape index (κ2) is 2.71. The van der Waals surface area contributed by atoms with E-state index in [9.17, 15) is 5.11 Å². The van der Waals surface area contributed by atoms with Crippen LogP contribution in [0.2, 0.25) is 0 Å². The maximum Gasteiger partial charge on any atom is 0.0706 e. The van der Waals surface area contributed by atoms with Crippen molar-refractivity contribution in [3.63, 3.8) is 0 Å². The number of aliphatic hydroxyl groups is 1. The van der Waals surface area contributed by atoms with E-state index in [1.54, 1.807) is 0 Å². The highest BCUT2D eigenvalue weighted by Crippen LogP contribution is 2.39. The molecule has 0 radical (unpaired) electrons. The number of likely N-dealkylation sites (tertiary alicyclic amines) is 1. The van der Waals surface area contributed by atoms with Gasteiger partial charge in [-0.05, 0) is 25.8 Å². The van der Waals surface area contributed by atoms with Gasteiger partial charge in [0.2, 0.25) is 0 Å². The van der Waals surface area contributed by atoms with E-state index in [1.165, 1.54) is 6.42 Å². The number of rotatable bonds is 0. The van der Waals surface area contributed by atoms with Crippen molar-refractivity contribution in [2.75, 3.05) is 13.6 Å². The molecule has 4 atom stereocenters. The molecule has 1 saturated heterocycles. The van der Waals surface area contributed by atoms with Crippen LogP contribution in [0.1, 0.15) is 12.8 Å². The molecule has 0 aromatic heterocycles. The molecule has 1 aliphatic carbocycles. The summed E-state index contributed by atoms with van der Waals surface area (Å²) < 4.78 is 0. The first kappa shape index (κ1) is 8.02. The fourth-order valence-electron chi connectivity index (χ4n) is 2.43. The minimum absolute atomic E-state index is 0.108. The fourth-order valence-corrected chi connectivity index (χ4v) is 3.61. The Morgan fingerprint density at radius 1 is 1.45 bits per heavy atom. The van der Waals surface area contributed by atoms with E-state index >= 15 is 0 Å². The normalized spacial score (nSPS) is 51.5. The van der Waals surface area contributed by atoms with E-state index in [0.29, 0.717) is 10.9 Å². The Morgan fingerprint density at radius 2 is 2.18 bits per heavy atom. The molecule has 0 aromatic rings. The lowest BCUT2D eigenvalue weighted by Crippen LogP contribution is -2.43. The molecular weight excluding hydrogens is 206 g/mol. The molecule has 2 bridgehead atoms. The van der Waals surface area contributed by atoms with Gasteiger partial charge in [0.25, 0.3) is 0 Å². The van der Waals surface area contributed by atoms with Crippen LogP contribution in [0.25, 0.3) is 0 Å². The Hall–Kier alpha value is 0.400. The molecule has 11 heavy (non-hydrogen) atoms. The summed E-state index contributed by atoms with van der Waals surface area (Å²) in [4.78, 5) is 2.80. The van der Waals surface area contributed by atoms with Crippen LogP contribution >= 0.6 is 15.9 Å². The highest BCUT2D eigenvalue weighted by molar-refractivity contribution is 9.09. The number of hydrogen-bond acceptors (Lipinski definition) is 2. The van der Waals surface area contributed by atoms with Crippen LogP contribution in [0, 0.1) is 5.92 Å². The van der Waals surface area contributed by atoms with Crippen molar-refractivity contribution in [1.29, 1.82) is 0 Å². The van der Waals surface area contributed by atoms with Crippen LogP contribution in [0.3, 0.4) is 0 Å². The number of hydrogen-bond donors (Lipinski definition) is 1. The molecule has 3 heteroatoms. The van der Waals surface area contributed by atoms with E-state index in [0.717, 1.165) is 18.9 Å². The van der Waals surface area contributed by atoms with Crippen molar-refractivity contribution in [3.8, 4) is 0 Å². The lowest BCUT2D eigenvalue weighted by atomic mass is 9.88. The summed E-state index contributed by atoms with van der Waals surface area (Å²) in [6.07, 6.45) is 2.06. The number of likely N-dealkylation sites (N-methyl/N-ethyl adjacent to an activating group) is 1. The number of fused-ring (bicyclic) bond motifs is 2. The number of nitrogens with zero attached hydrogens (tertiary/aromatic N) is 1. The summed E-state index contributed by atoms with van der Waals surface area (Å²) >= 11 is 3.66. The topological polar surface area (TPSA) is 23.5 Å². The zero-order valence-corrected chi connectivity index (χ0v) is 8.29. The third-order valence-corrected chi connectivity index (χ3v) is 4.32. The van der Waals surface area contributed by atoms with E-state index in [2.05, 4.69) is 27.9 Å². The predicted molar refractivity (Wildman–Crippen MR) is 47.9 cm³/mol. The van der Waals surface area contributed by atoms with Gasteiger partial charge in [0.05, 0.1) is 6.10 Å². The van der Waals surface area contributed by atoms with Gasteiger partial charge in [-0.1, -0.05) is 15.9 Å². The molecule has 2 nitrogen and oxygen atoms in total. The van der Waals surface area contributed by atoms with Crippen molar-refractivity contribution < 1.29 is 5.11 Å². The van der Waals surface area contributed by atoms with Crippen molar-refractivity contribution in [1.82, 2.24) is 4.90 Å². The lowest BCUT2D eigenvalue weighted by Gasteiger charge is -2.31. The largest absolute Gasteiger partial charge is 0.391 e. The number of halogens is 1. The monoisotopic (exact) mass is 219 g/mol. The quantitative estimate of drug-likeness (QED) is 0.611. The van der Waals surface area contributed by atoms with Gasteiger partial charge in [-0.15, -0.1) is 0 Å². The van der Waals surface area contributed by atoms with Gasteiger partial charge in [0.15, 0.2) is 0 Å². The molecule has 1 heterocycles. The van der Waals surface area contributed by atoms with E-state index < -0.39 is 0 Å². The smallest absolute Gasteiger partial charge is 0.0706 e. The predicted octanol–water partition coefficient (Wildman–Crippen LogP) is 0.835. The van der Waals surface area contributed by atoms with Crippen molar-refractivity contribution in [2.24, 2.45) is 5.92 Å². The maximum absolute atomic E-state index is 9.66. The summed E-state index contributed by atoms with van der Waals surface area (Å²) in [6, 6.07) is 0.369. The Morgan fingerprint density at radius 3 is 2.82 bits per heavy atom. The Labute approximate surface area is 75.7 Å². The van der Waals surface area contributed by atoms with Crippen LogP contribution in [-0.2, 0) is 0 Å². The van der Waals surface area contributed by atoms with E-state index in [1.807, 2.05) is 0 Å². The zero-order valence-electron chi connectivity index (χ0n) is 6.70. The van der Waals surface area contributed by atoms with Gasteiger partial charge in [0.1, 0.15) is 0 Å². The van der Waals surface area contributed by atoms with Crippen LogP contribution in [-0.4, -0.2) is 40.6 Å². The Bertz CT molecular complexity index is 160. The van der Waals surface area contributed by atoms with Crippen molar-refractivity contribution >= 4 is 15.9 Å². The molecule has 2 rings (SSSR count). The van der Waals surface area contributed by atoms with Crippen LogP contribution in [0.4, 0.5) is 0 Å². The highest BCUT2D eigenvalue weighted by atomic mass is 79.9. The molecule has 1 aliphatic heterocycles. The summed E-state index contributed by atoms with van der Waals surface area (Å²) in [5.41, 5.74) is 0. The summed E-state index contributed by atoms with van der Waals surface area (Å²) in [6.45, 7) is 1.15. The van der Waals surface area contributed by atoms with Gasteiger partial charge in [0, 0.05) is 17.4 Å². The third-order valence-electron chi connectivity index (χ3n) is 3.04. The maximum atomic E-state index is 9.66. The Balaban J connectivity index is 2.18. The summed E-state index contributed by atoms with van der Waals surface area (Å²) in [5.74, 6) is 0.772. The van der Waals surface area contributed by atoms with Gasteiger partial charge < -0.3 is 5.11 Å². The van der Waals surface area contributed by atoms with Gasteiger partial charge in [-0.3, -0.25) is 4.90 Å². The van der Waals surface area contributed by atoms with Crippen molar-refractivity contribution in [2.45, 2.75) is 29.8 Å². The number of alkyl halides is 1. The van der Waals surface area contributed by atoms with Crippen LogP contribution < -0.4 is 0 Å². The molecule has 0 unspecified atom stereocenters. The molecule has 2 aliphatic rings. The molecule has 1 N–H and O–H groups in total. The van der Waals surface area contributed by atoms with E-state index in [4.69, 9.17) is 0 Å². The molecule has 64 valence electrons. The van der Waals surface area contributed by atoms with Gasteiger partial charge in [-0.2, -0.15) is 0 Å². The summed E-state index contributed by atoms with van der Waals surface area (Å²) in [7, 11) is 2.10. The molecule has 1 saturated carbocycles. The fraction of sp³-hybridized carbons (Fsp3) is 1.00. The number of aliphatic hydroxyl groups excluding tert-OH is 1. The highest BCUT2D eigenvalue weighted by Gasteiger charge is 2.45. The standard InChI is InChI=1S/C8H14BrNO/c1-10-4-5-2-3-6(11)8(10)7(5)9/h5-8,11H,2-4H2,1H3/t5-,6+,7-,8-/m1/s1. The van der Waals surface area contributed by atoms with Crippen LogP contribution in [0.15, 0.2) is 0 Å². The van der Waals surface area contributed by atoms with Crippen molar-refractivity contribution in [3.05, 3.63) is 0 Å². The molecule has 0 spiro atoms. The lowest BCUT2D eigenvalue weighted by molar-refractivity contribution is 0.0739. The molecule has 2 fully saturated rings. The summed E-state index contributed by atoms with van der Waals surface area (Å²) in [5, 5.41) is 9.66. The molecule has 0 amide bonds. The van der Waals surface area contributed by atoms with E-state index in [-0.39, 0.29) is 6.10 Å². The first-order chi connectivity index (χ1) is 5.20. The first-order valence-electron chi connectivity index (χ1n) is 4.22. The SMILES string of the molecule is CN1C[C@H]2CC[C@H](O)[C@@H]1[C@@H]2Br. The second-order valence-electron chi connectivity index (χ2n) is 3.78. The average molecular weight is 220 g/mol. The Kier molecular flexibility index (Phi) is 1.98. The van der Waals surface area contributed by atoms with Gasteiger partial charge in [-0.25, -0.2) is 0 Å². The zero-order chi connectivity index (χ0) is 8.01. The average Bonchev–Trinajstić information content (AvgIpc) is 2.11.